The standard InChI is InChI=1S/C18H17FN2O5S/c19-15-7-13(4-5-14(15)18(23)24)27(25,26)20-8-11-6-12(10-20)16-2-1-3-17(22)21(16)9-11/h1-5,7,11-12H,6,8-10H2,(H,23,24)/t11-,12+/m0/s1. The van der Waals surface area contributed by atoms with Gasteiger partial charge < -0.3 is 9.67 Å². The molecule has 2 aliphatic rings. The number of rotatable bonds is 3. The van der Waals surface area contributed by atoms with E-state index in [4.69, 9.17) is 5.11 Å². The molecular weight excluding hydrogens is 375 g/mol. The molecule has 2 bridgehead atoms. The monoisotopic (exact) mass is 392 g/mol. The zero-order valence-electron chi connectivity index (χ0n) is 14.2. The van der Waals surface area contributed by atoms with Crippen molar-refractivity contribution in [2.45, 2.75) is 23.8 Å². The van der Waals surface area contributed by atoms with Crippen LogP contribution in [-0.2, 0) is 16.6 Å². The maximum Gasteiger partial charge on any atom is 0.338 e. The molecule has 2 atom stereocenters. The number of carbonyl (C=O) groups is 1. The lowest BCUT2D eigenvalue weighted by Crippen LogP contribution is -2.49. The van der Waals surface area contributed by atoms with Gasteiger partial charge in [-0.15, -0.1) is 0 Å². The predicted molar refractivity (Wildman–Crippen MR) is 93.7 cm³/mol. The van der Waals surface area contributed by atoms with E-state index in [1.54, 1.807) is 10.6 Å². The molecule has 1 aromatic heterocycles. The van der Waals surface area contributed by atoms with Crippen molar-refractivity contribution in [3.05, 3.63) is 63.8 Å². The molecule has 9 heteroatoms. The molecule has 0 saturated carbocycles. The van der Waals surface area contributed by atoms with E-state index in [9.17, 15) is 22.4 Å². The summed E-state index contributed by atoms with van der Waals surface area (Å²) in [5.74, 6) is -2.65. The summed E-state index contributed by atoms with van der Waals surface area (Å²) >= 11 is 0. The molecule has 1 fully saturated rings. The fourth-order valence-electron chi connectivity index (χ4n) is 4.03. The van der Waals surface area contributed by atoms with Crippen LogP contribution < -0.4 is 5.56 Å². The number of carboxylic acid groups (broad SMARTS) is 1. The lowest BCUT2D eigenvalue weighted by molar-refractivity contribution is 0.0691. The minimum atomic E-state index is -3.97. The second kappa shape index (κ2) is 6.28. The van der Waals surface area contributed by atoms with Crippen molar-refractivity contribution in [2.24, 2.45) is 5.92 Å². The lowest BCUT2D eigenvalue weighted by atomic mass is 9.84. The van der Waals surface area contributed by atoms with Crippen LogP contribution in [0.2, 0.25) is 0 Å². The Bertz CT molecular complexity index is 1100. The second-order valence-corrected chi connectivity index (χ2v) is 8.90. The van der Waals surface area contributed by atoms with Crippen LogP contribution in [0.1, 0.15) is 28.4 Å². The minimum Gasteiger partial charge on any atom is -0.478 e. The van der Waals surface area contributed by atoms with Crippen LogP contribution in [0.4, 0.5) is 4.39 Å². The van der Waals surface area contributed by atoms with Crippen molar-refractivity contribution in [3.8, 4) is 0 Å². The van der Waals surface area contributed by atoms with E-state index in [1.165, 1.54) is 10.4 Å². The zero-order valence-corrected chi connectivity index (χ0v) is 15.0. The number of hydrogen-bond acceptors (Lipinski definition) is 4. The highest BCUT2D eigenvalue weighted by molar-refractivity contribution is 7.89. The smallest absolute Gasteiger partial charge is 0.338 e. The van der Waals surface area contributed by atoms with E-state index >= 15 is 0 Å². The fourth-order valence-corrected chi connectivity index (χ4v) is 5.60. The van der Waals surface area contributed by atoms with Crippen molar-refractivity contribution in [2.75, 3.05) is 13.1 Å². The molecule has 0 radical (unpaired) electrons. The van der Waals surface area contributed by atoms with E-state index in [0.717, 1.165) is 30.3 Å². The quantitative estimate of drug-likeness (QED) is 0.854. The Morgan fingerprint density at radius 2 is 1.93 bits per heavy atom. The number of halogens is 1. The molecule has 1 saturated heterocycles. The van der Waals surface area contributed by atoms with Crippen LogP contribution in [0.3, 0.4) is 0 Å². The summed E-state index contributed by atoms with van der Waals surface area (Å²) in [6.07, 6.45) is 0.793. The first-order chi connectivity index (χ1) is 12.8. The Hall–Kier alpha value is -2.52. The first-order valence-corrected chi connectivity index (χ1v) is 9.94. The highest BCUT2D eigenvalue weighted by Gasteiger charge is 2.39. The molecule has 1 N–H and O–H groups in total. The number of aromatic carboxylic acids is 1. The number of hydrogen-bond donors (Lipinski definition) is 1. The summed E-state index contributed by atoms with van der Waals surface area (Å²) in [5, 5.41) is 8.90. The third kappa shape index (κ3) is 2.96. The Morgan fingerprint density at radius 1 is 1.15 bits per heavy atom. The molecule has 1 aromatic carbocycles. The van der Waals surface area contributed by atoms with Crippen molar-refractivity contribution >= 4 is 16.0 Å². The maximum absolute atomic E-state index is 14.0. The van der Waals surface area contributed by atoms with E-state index in [1.807, 2.05) is 6.07 Å². The number of nitrogens with zero attached hydrogens (tertiary/aromatic N) is 2. The molecular formula is C18H17FN2O5S. The Balaban J connectivity index is 1.68. The predicted octanol–water partition coefficient (Wildman–Crippen LogP) is 1.49. The molecule has 7 nitrogen and oxygen atoms in total. The maximum atomic E-state index is 14.0. The number of aromatic nitrogens is 1. The van der Waals surface area contributed by atoms with Crippen molar-refractivity contribution in [3.63, 3.8) is 0 Å². The van der Waals surface area contributed by atoms with Crippen molar-refractivity contribution < 1.29 is 22.7 Å². The van der Waals surface area contributed by atoms with Gasteiger partial charge in [0.1, 0.15) is 5.82 Å². The number of fused-ring (bicyclic) bond motifs is 4. The average molecular weight is 392 g/mol. The van der Waals surface area contributed by atoms with Crippen LogP contribution in [-0.4, -0.2) is 41.5 Å². The summed E-state index contributed by atoms with van der Waals surface area (Å²) in [4.78, 5) is 22.7. The molecule has 27 heavy (non-hydrogen) atoms. The van der Waals surface area contributed by atoms with Gasteiger partial charge in [-0.2, -0.15) is 4.31 Å². The Kier molecular flexibility index (Phi) is 4.15. The SMILES string of the molecule is O=C(O)c1ccc(S(=O)(=O)N2C[C@@H]3C[C@H](C2)c2cccc(=O)n2C3)cc1F. The van der Waals surface area contributed by atoms with Gasteiger partial charge in [0.15, 0.2) is 0 Å². The number of benzene rings is 1. The zero-order chi connectivity index (χ0) is 19.3. The molecule has 0 aliphatic carbocycles. The van der Waals surface area contributed by atoms with E-state index in [2.05, 4.69) is 0 Å². The highest BCUT2D eigenvalue weighted by Crippen LogP contribution is 2.37. The molecule has 3 heterocycles. The molecule has 2 aromatic rings. The molecule has 0 amide bonds. The number of piperidine rings is 1. The van der Waals surface area contributed by atoms with E-state index in [0.29, 0.717) is 6.54 Å². The third-order valence-electron chi connectivity index (χ3n) is 5.25. The highest BCUT2D eigenvalue weighted by atomic mass is 32.2. The van der Waals surface area contributed by atoms with E-state index in [-0.39, 0.29) is 35.4 Å². The third-order valence-corrected chi connectivity index (χ3v) is 7.08. The normalized spacial score (nSPS) is 22.3. The molecule has 0 unspecified atom stereocenters. The van der Waals surface area contributed by atoms with Crippen LogP contribution in [0.5, 0.6) is 0 Å². The van der Waals surface area contributed by atoms with Crippen molar-refractivity contribution in [1.29, 1.82) is 0 Å². The van der Waals surface area contributed by atoms with Gasteiger partial charge in [-0.3, -0.25) is 4.79 Å². The van der Waals surface area contributed by atoms with Gasteiger partial charge in [0.25, 0.3) is 5.56 Å². The van der Waals surface area contributed by atoms with Crippen LogP contribution in [0.15, 0.2) is 46.1 Å². The molecule has 4 rings (SSSR count). The lowest BCUT2D eigenvalue weighted by Gasteiger charge is -2.42. The largest absolute Gasteiger partial charge is 0.478 e. The van der Waals surface area contributed by atoms with Gasteiger partial charge in [0.05, 0.1) is 10.5 Å². The Labute approximate surface area is 154 Å². The summed E-state index contributed by atoms with van der Waals surface area (Å²) in [6.45, 7) is 0.885. The summed E-state index contributed by atoms with van der Waals surface area (Å²) in [6, 6.07) is 7.82. The summed E-state index contributed by atoms with van der Waals surface area (Å²) < 4.78 is 42.9. The molecule has 0 spiro atoms. The van der Waals surface area contributed by atoms with Gasteiger partial charge in [-0.05, 0) is 36.6 Å². The topological polar surface area (TPSA) is 96.7 Å². The summed E-state index contributed by atoms with van der Waals surface area (Å²) in [5.41, 5.74) is 0.147. The first-order valence-electron chi connectivity index (χ1n) is 8.50. The molecule has 2 aliphatic heterocycles. The van der Waals surface area contributed by atoms with Crippen LogP contribution >= 0.6 is 0 Å². The van der Waals surface area contributed by atoms with E-state index < -0.39 is 27.4 Å². The molecule has 142 valence electrons. The van der Waals surface area contributed by atoms with Gasteiger partial charge >= 0.3 is 5.97 Å². The second-order valence-electron chi connectivity index (χ2n) is 6.97. The minimum absolute atomic E-state index is 0.00531. The summed E-state index contributed by atoms with van der Waals surface area (Å²) in [7, 11) is -3.97. The van der Waals surface area contributed by atoms with Gasteiger partial charge in [0.2, 0.25) is 10.0 Å². The van der Waals surface area contributed by atoms with Gasteiger partial charge in [-0.25, -0.2) is 17.6 Å². The average Bonchev–Trinajstić information content (AvgIpc) is 2.62. The Morgan fingerprint density at radius 3 is 2.63 bits per heavy atom. The van der Waals surface area contributed by atoms with Gasteiger partial charge in [0, 0.05) is 37.3 Å². The van der Waals surface area contributed by atoms with Gasteiger partial charge in [-0.1, -0.05) is 6.07 Å². The number of carboxylic acids is 1. The number of pyridine rings is 1. The number of sulfonamides is 1. The van der Waals surface area contributed by atoms with Crippen molar-refractivity contribution in [1.82, 2.24) is 8.87 Å². The fraction of sp³-hybridized carbons (Fsp3) is 0.333. The van der Waals surface area contributed by atoms with Crippen LogP contribution in [0.25, 0.3) is 0 Å². The van der Waals surface area contributed by atoms with Crippen LogP contribution in [0, 0.1) is 11.7 Å². The first kappa shape index (κ1) is 17.9.